The van der Waals surface area contributed by atoms with Gasteiger partial charge in [-0.3, -0.25) is 9.59 Å². The summed E-state index contributed by atoms with van der Waals surface area (Å²) in [5.41, 5.74) is 5.79. The van der Waals surface area contributed by atoms with E-state index in [1.54, 1.807) is 19.2 Å². The van der Waals surface area contributed by atoms with E-state index in [9.17, 15) is 9.59 Å². The summed E-state index contributed by atoms with van der Waals surface area (Å²) in [6.07, 6.45) is 0. The number of imide groups is 1. The molecule has 1 heterocycles. The minimum absolute atomic E-state index is 0.237. The standard InChI is InChI=1S/C28H28N2O3/c1-17(2)20-11-14-22(15-12-20)30-27(31)25(23-8-6-7-9-24(23)33-5)26(28(30)32)29-21-13-10-18(3)19(4)16-21/h6-17,29H,1-5H3. The van der Waals surface area contributed by atoms with E-state index >= 15 is 0 Å². The number of hydrogen-bond donors (Lipinski definition) is 1. The van der Waals surface area contributed by atoms with Crippen LogP contribution in [0.25, 0.3) is 5.57 Å². The molecule has 2 amide bonds. The molecule has 1 N–H and O–H groups in total. The molecule has 1 aliphatic heterocycles. The lowest BCUT2D eigenvalue weighted by Crippen LogP contribution is -2.32. The number of methoxy groups -OCH3 is 1. The van der Waals surface area contributed by atoms with Crippen LogP contribution in [0, 0.1) is 13.8 Å². The number of carbonyl (C=O) groups excluding carboxylic acids is 2. The Morgan fingerprint density at radius 1 is 0.848 bits per heavy atom. The smallest absolute Gasteiger partial charge is 0.282 e. The largest absolute Gasteiger partial charge is 0.496 e. The predicted octanol–water partition coefficient (Wildman–Crippen LogP) is 5.83. The Bertz CT molecular complexity index is 1260. The van der Waals surface area contributed by atoms with E-state index in [1.165, 1.54) is 4.90 Å². The maximum absolute atomic E-state index is 13.7. The number of para-hydroxylation sites is 1. The molecule has 3 aromatic rings. The lowest BCUT2D eigenvalue weighted by atomic mass is 10.0. The van der Waals surface area contributed by atoms with E-state index in [1.807, 2.05) is 68.4 Å². The molecule has 0 bridgehead atoms. The number of carbonyl (C=O) groups is 2. The molecule has 0 fully saturated rings. The van der Waals surface area contributed by atoms with Crippen LogP contribution < -0.4 is 15.0 Å². The van der Waals surface area contributed by atoms with E-state index in [2.05, 4.69) is 19.2 Å². The van der Waals surface area contributed by atoms with Crippen LogP contribution in [-0.2, 0) is 9.59 Å². The highest BCUT2D eigenvalue weighted by Crippen LogP contribution is 2.37. The molecule has 168 valence electrons. The number of ether oxygens (including phenoxy) is 1. The van der Waals surface area contributed by atoms with Crippen molar-refractivity contribution in [3.05, 3.63) is 94.7 Å². The predicted molar refractivity (Wildman–Crippen MR) is 132 cm³/mol. The molecular formula is C28H28N2O3. The van der Waals surface area contributed by atoms with Crippen LogP contribution in [0.2, 0.25) is 0 Å². The lowest BCUT2D eigenvalue weighted by molar-refractivity contribution is -0.120. The summed E-state index contributed by atoms with van der Waals surface area (Å²) in [6.45, 7) is 8.26. The average Bonchev–Trinajstić information content (AvgIpc) is 3.05. The maximum atomic E-state index is 13.7. The molecule has 1 aliphatic rings. The fourth-order valence-corrected chi connectivity index (χ4v) is 3.95. The van der Waals surface area contributed by atoms with Gasteiger partial charge in [-0.25, -0.2) is 4.90 Å². The van der Waals surface area contributed by atoms with E-state index in [4.69, 9.17) is 4.74 Å². The molecule has 0 unspecified atom stereocenters. The maximum Gasteiger partial charge on any atom is 0.282 e. The van der Waals surface area contributed by atoms with Gasteiger partial charge < -0.3 is 10.1 Å². The van der Waals surface area contributed by atoms with Crippen molar-refractivity contribution < 1.29 is 14.3 Å². The summed E-state index contributed by atoms with van der Waals surface area (Å²) < 4.78 is 5.51. The molecule has 0 aromatic heterocycles. The Morgan fingerprint density at radius 2 is 1.55 bits per heavy atom. The third-order valence-corrected chi connectivity index (χ3v) is 6.05. The van der Waals surface area contributed by atoms with Gasteiger partial charge in [-0.15, -0.1) is 0 Å². The van der Waals surface area contributed by atoms with Gasteiger partial charge in [0, 0.05) is 11.3 Å². The lowest BCUT2D eigenvalue weighted by Gasteiger charge is -2.17. The first-order valence-electron chi connectivity index (χ1n) is 11.0. The number of nitrogens with zero attached hydrogens (tertiary/aromatic N) is 1. The Labute approximate surface area is 194 Å². The van der Waals surface area contributed by atoms with Gasteiger partial charge in [0.15, 0.2) is 0 Å². The molecule has 0 saturated carbocycles. The van der Waals surface area contributed by atoms with E-state index in [0.717, 1.165) is 22.4 Å². The van der Waals surface area contributed by atoms with Crippen molar-refractivity contribution in [2.24, 2.45) is 0 Å². The third-order valence-electron chi connectivity index (χ3n) is 6.05. The fraction of sp³-hybridized carbons (Fsp3) is 0.214. The second-order valence-electron chi connectivity index (χ2n) is 8.57. The van der Waals surface area contributed by atoms with Crippen molar-refractivity contribution in [1.82, 2.24) is 0 Å². The van der Waals surface area contributed by atoms with Crippen LogP contribution in [-0.4, -0.2) is 18.9 Å². The zero-order chi connectivity index (χ0) is 23.7. The molecule has 0 aliphatic carbocycles. The minimum atomic E-state index is -0.392. The number of hydrogen-bond acceptors (Lipinski definition) is 4. The number of rotatable bonds is 6. The number of anilines is 2. The summed E-state index contributed by atoms with van der Waals surface area (Å²) in [5.74, 6) is 0.114. The highest BCUT2D eigenvalue weighted by Gasteiger charge is 2.41. The Hall–Kier alpha value is -3.86. The van der Waals surface area contributed by atoms with Crippen LogP contribution in [0.5, 0.6) is 5.75 Å². The summed E-state index contributed by atoms with van der Waals surface area (Å²) in [5, 5.41) is 3.23. The minimum Gasteiger partial charge on any atom is -0.496 e. The number of benzene rings is 3. The van der Waals surface area contributed by atoms with Crippen molar-refractivity contribution in [1.29, 1.82) is 0 Å². The molecule has 3 aromatic carbocycles. The first-order valence-corrected chi connectivity index (χ1v) is 11.0. The monoisotopic (exact) mass is 440 g/mol. The number of amides is 2. The first kappa shape index (κ1) is 22.3. The third kappa shape index (κ3) is 4.14. The molecule has 0 spiro atoms. The summed E-state index contributed by atoms with van der Waals surface area (Å²) in [6, 6.07) is 20.7. The molecule has 0 saturated heterocycles. The summed E-state index contributed by atoms with van der Waals surface area (Å²) >= 11 is 0. The first-order chi connectivity index (χ1) is 15.8. The number of nitrogens with one attached hydrogen (secondary N) is 1. The average molecular weight is 441 g/mol. The fourth-order valence-electron chi connectivity index (χ4n) is 3.95. The van der Waals surface area contributed by atoms with Gasteiger partial charge >= 0.3 is 0 Å². The van der Waals surface area contributed by atoms with Crippen molar-refractivity contribution in [3.63, 3.8) is 0 Å². The number of aryl methyl sites for hydroxylation is 2. The second-order valence-corrected chi connectivity index (χ2v) is 8.57. The van der Waals surface area contributed by atoms with Gasteiger partial charge in [0.05, 0.1) is 18.4 Å². The molecule has 4 rings (SSSR count). The van der Waals surface area contributed by atoms with Crippen LogP contribution in [0.1, 0.15) is 42.0 Å². The van der Waals surface area contributed by atoms with Crippen LogP contribution in [0.3, 0.4) is 0 Å². The zero-order valence-electron chi connectivity index (χ0n) is 19.6. The van der Waals surface area contributed by atoms with Crippen molar-refractivity contribution in [2.75, 3.05) is 17.3 Å². The Morgan fingerprint density at radius 3 is 2.18 bits per heavy atom. The van der Waals surface area contributed by atoms with Gasteiger partial charge in [0.2, 0.25) is 0 Å². The Kier molecular flexibility index (Phi) is 6.05. The van der Waals surface area contributed by atoms with E-state index < -0.39 is 5.91 Å². The van der Waals surface area contributed by atoms with Gasteiger partial charge in [0.25, 0.3) is 11.8 Å². The van der Waals surface area contributed by atoms with Gasteiger partial charge in [-0.05, 0) is 66.8 Å². The van der Waals surface area contributed by atoms with Gasteiger partial charge in [0.1, 0.15) is 11.4 Å². The SMILES string of the molecule is COc1ccccc1C1=C(Nc2ccc(C)c(C)c2)C(=O)N(c2ccc(C(C)C)cc2)C1=O. The van der Waals surface area contributed by atoms with E-state index in [0.29, 0.717) is 28.5 Å². The highest BCUT2D eigenvalue weighted by atomic mass is 16.5. The van der Waals surface area contributed by atoms with Crippen molar-refractivity contribution in [2.45, 2.75) is 33.6 Å². The second kappa shape index (κ2) is 8.94. The van der Waals surface area contributed by atoms with Crippen LogP contribution in [0.15, 0.2) is 72.4 Å². The topological polar surface area (TPSA) is 58.6 Å². The molecule has 5 nitrogen and oxygen atoms in total. The quantitative estimate of drug-likeness (QED) is 0.490. The van der Waals surface area contributed by atoms with Gasteiger partial charge in [-0.2, -0.15) is 0 Å². The zero-order valence-corrected chi connectivity index (χ0v) is 19.6. The van der Waals surface area contributed by atoms with Crippen molar-refractivity contribution >= 4 is 28.8 Å². The summed E-state index contributed by atoms with van der Waals surface area (Å²) in [4.78, 5) is 28.5. The van der Waals surface area contributed by atoms with Gasteiger partial charge in [-0.1, -0.05) is 50.2 Å². The molecule has 0 atom stereocenters. The van der Waals surface area contributed by atoms with Crippen LogP contribution >= 0.6 is 0 Å². The highest BCUT2D eigenvalue weighted by molar-refractivity contribution is 6.46. The molecular weight excluding hydrogens is 412 g/mol. The summed E-state index contributed by atoms with van der Waals surface area (Å²) in [7, 11) is 1.56. The van der Waals surface area contributed by atoms with Crippen LogP contribution in [0.4, 0.5) is 11.4 Å². The molecule has 5 heteroatoms. The van der Waals surface area contributed by atoms with Crippen molar-refractivity contribution in [3.8, 4) is 5.75 Å². The van der Waals surface area contributed by atoms with E-state index in [-0.39, 0.29) is 11.6 Å². The normalized spacial score (nSPS) is 13.8. The Balaban J connectivity index is 1.83. The molecule has 33 heavy (non-hydrogen) atoms. The molecule has 0 radical (unpaired) electrons.